The van der Waals surface area contributed by atoms with Gasteiger partial charge >= 0.3 is 0 Å². The maximum atomic E-state index is 12.3. The van der Waals surface area contributed by atoms with Gasteiger partial charge < -0.3 is 15.0 Å². The van der Waals surface area contributed by atoms with Crippen LogP contribution >= 0.6 is 11.8 Å². The molecule has 0 fully saturated rings. The van der Waals surface area contributed by atoms with Crippen LogP contribution in [-0.2, 0) is 11.3 Å². The van der Waals surface area contributed by atoms with Gasteiger partial charge in [0.15, 0.2) is 11.0 Å². The van der Waals surface area contributed by atoms with Crippen LogP contribution in [-0.4, -0.2) is 47.6 Å². The summed E-state index contributed by atoms with van der Waals surface area (Å²) >= 11 is 1.34. The van der Waals surface area contributed by atoms with Crippen LogP contribution in [0.25, 0.3) is 11.4 Å². The number of aromatic nitrogens is 3. The highest BCUT2D eigenvalue weighted by atomic mass is 32.2. The average molecular weight is 424 g/mol. The predicted octanol–water partition coefficient (Wildman–Crippen LogP) is 3.94. The zero-order chi connectivity index (χ0) is 21.5. The number of carbonyl (C=O) groups is 1. The van der Waals surface area contributed by atoms with Crippen LogP contribution in [0.5, 0.6) is 5.75 Å². The zero-order valence-corrected chi connectivity index (χ0v) is 18.1. The highest BCUT2D eigenvalue weighted by Crippen LogP contribution is 2.26. The first kappa shape index (κ1) is 21.4. The number of rotatable bonds is 9. The molecular weight excluding hydrogens is 398 g/mol. The number of anilines is 2. The van der Waals surface area contributed by atoms with Gasteiger partial charge in [0.05, 0.1) is 12.9 Å². The number of amides is 1. The monoisotopic (exact) mass is 423 g/mol. The molecule has 1 aromatic heterocycles. The summed E-state index contributed by atoms with van der Waals surface area (Å²) in [6.45, 7) is 4.39. The number of benzene rings is 2. The fourth-order valence-electron chi connectivity index (χ4n) is 2.81. The van der Waals surface area contributed by atoms with E-state index in [-0.39, 0.29) is 11.7 Å². The Kier molecular flexibility index (Phi) is 7.13. The molecule has 0 saturated carbocycles. The summed E-state index contributed by atoms with van der Waals surface area (Å²) in [6.07, 6.45) is 1.79. The van der Waals surface area contributed by atoms with Gasteiger partial charge in [0, 0.05) is 37.6 Å². The van der Waals surface area contributed by atoms with Crippen molar-refractivity contribution < 1.29 is 9.53 Å². The Labute approximate surface area is 180 Å². The van der Waals surface area contributed by atoms with Gasteiger partial charge in [0.2, 0.25) is 5.91 Å². The van der Waals surface area contributed by atoms with Gasteiger partial charge in [0.25, 0.3) is 0 Å². The lowest BCUT2D eigenvalue weighted by Crippen LogP contribution is -2.14. The van der Waals surface area contributed by atoms with Crippen molar-refractivity contribution in [3.8, 4) is 17.1 Å². The van der Waals surface area contributed by atoms with E-state index >= 15 is 0 Å². The average Bonchev–Trinajstić information content (AvgIpc) is 3.15. The summed E-state index contributed by atoms with van der Waals surface area (Å²) < 4.78 is 7.09. The minimum atomic E-state index is -0.116. The first-order valence-corrected chi connectivity index (χ1v) is 10.4. The van der Waals surface area contributed by atoms with Crippen molar-refractivity contribution in [3.63, 3.8) is 0 Å². The maximum absolute atomic E-state index is 12.3. The third-order valence-corrected chi connectivity index (χ3v) is 5.34. The van der Waals surface area contributed by atoms with Crippen molar-refractivity contribution in [2.75, 3.05) is 37.2 Å². The standard InChI is InChI=1S/C22H25N5O2S/c1-5-14-27-21(16-6-10-18(11-7-16)26(2)3)24-25-22(27)30-15-20(28)23-17-8-12-19(29-4)13-9-17/h5-13H,1,14-15H2,2-4H3,(H,23,28). The summed E-state index contributed by atoms with van der Waals surface area (Å²) in [5.41, 5.74) is 2.79. The molecule has 1 N–H and O–H groups in total. The number of allylic oxidation sites excluding steroid dienone is 1. The molecule has 1 amide bonds. The Morgan fingerprint density at radius 1 is 1.17 bits per heavy atom. The van der Waals surface area contributed by atoms with Crippen molar-refractivity contribution >= 4 is 29.0 Å². The third kappa shape index (κ3) is 5.21. The van der Waals surface area contributed by atoms with E-state index in [1.807, 2.05) is 47.8 Å². The number of carbonyl (C=O) groups excluding carboxylic acids is 1. The number of thioether (sulfide) groups is 1. The van der Waals surface area contributed by atoms with Crippen LogP contribution in [0.4, 0.5) is 11.4 Å². The molecule has 7 nitrogen and oxygen atoms in total. The van der Waals surface area contributed by atoms with Gasteiger partial charge in [0.1, 0.15) is 5.75 Å². The van der Waals surface area contributed by atoms with E-state index in [0.29, 0.717) is 11.7 Å². The first-order chi connectivity index (χ1) is 14.5. The molecule has 1 heterocycles. The molecular formula is C22H25N5O2S. The van der Waals surface area contributed by atoms with Crippen molar-refractivity contribution in [2.45, 2.75) is 11.7 Å². The molecule has 30 heavy (non-hydrogen) atoms. The van der Waals surface area contributed by atoms with E-state index in [9.17, 15) is 4.79 Å². The molecule has 2 aromatic carbocycles. The number of nitrogens with one attached hydrogen (secondary N) is 1. The second-order valence-corrected chi connectivity index (χ2v) is 7.65. The SMILES string of the molecule is C=CCn1c(SCC(=O)Nc2ccc(OC)cc2)nnc1-c1ccc(N(C)C)cc1. The van der Waals surface area contributed by atoms with Crippen LogP contribution in [0.3, 0.4) is 0 Å². The first-order valence-electron chi connectivity index (χ1n) is 9.40. The van der Waals surface area contributed by atoms with E-state index in [0.717, 1.165) is 28.5 Å². The van der Waals surface area contributed by atoms with Crippen LogP contribution in [0.1, 0.15) is 0 Å². The molecule has 0 saturated heterocycles. The molecule has 0 atom stereocenters. The summed E-state index contributed by atoms with van der Waals surface area (Å²) in [6, 6.07) is 15.3. The highest BCUT2D eigenvalue weighted by molar-refractivity contribution is 7.99. The molecule has 0 aliphatic rings. The van der Waals surface area contributed by atoms with E-state index in [1.54, 1.807) is 37.5 Å². The highest BCUT2D eigenvalue weighted by Gasteiger charge is 2.15. The second kappa shape index (κ2) is 9.98. The Morgan fingerprint density at radius 2 is 1.87 bits per heavy atom. The van der Waals surface area contributed by atoms with Gasteiger partial charge in [-0.3, -0.25) is 9.36 Å². The summed E-state index contributed by atoms with van der Waals surface area (Å²) in [4.78, 5) is 14.4. The van der Waals surface area contributed by atoms with Gasteiger partial charge in [-0.05, 0) is 48.5 Å². The molecule has 0 aliphatic heterocycles. The van der Waals surface area contributed by atoms with Crippen molar-refractivity contribution in [1.82, 2.24) is 14.8 Å². The fourth-order valence-corrected chi connectivity index (χ4v) is 3.56. The van der Waals surface area contributed by atoms with Crippen molar-refractivity contribution in [2.24, 2.45) is 0 Å². The zero-order valence-electron chi connectivity index (χ0n) is 17.3. The summed E-state index contributed by atoms with van der Waals surface area (Å²) in [5, 5.41) is 12.2. The molecule has 0 unspecified atom stereocenters. The molecule has 0 radical (unpaired) electrons. The lowest BCUT2D eigenvalue weighted by Gasteiger charge is -2.13. The molecule has 8 heteroatoms. The van der Waals surface area contributed by atoms with E-state index in [4.69, 9.17) is 4.74 Å². The largest absolute Gasteiger partial charge is 0.497 e. The summed E-state index contributed by atoms with van der Waals surface area (Å²) in [5.74, 6) is 1.60. The normalized spacial score (nSPS) is 10.5. The number of methoxy groups -OCH3 is 1. The Hall–Kier alpha value is -3.26. The minimum absolute atomic E-state index is 0.116. The lowest BCUT2D eigenvalue weighted by molar-refractivity contribution is -0.113. The van der Waals surface area contributed by atoms with Crippen molar-refractivity contribution in [3.05, 3.63) is 61.2 Å². The van der Waals surface area contributed by atoms with Gasteiger partial charge in [-0.2, -0.15) is 0 Å². The van der Waals surface area contributed by atoms with E-state index < -0.39 is 0 Å². The molecule has 156 valence electrons. The Bertz CT molecular complexity index is 997. The molecule has 0 aliphatic carbocycles. The smallest absolute Gasteiger partial charge is 0.234 e. The third-order valence-electron chi connectivity index (χ3n) is 4.38. The Balaban J connectivity index is 1.69. The van der Waals surface area contributed by atoms with E-state index in [1.165, 1.54) is 11.8 Å². The molecule has 3 rings (SSSR count). The topological polar surface area (TPSA) is 72.3 Å². The van der Waals surface area contributed by atoms with Crippen LogP contribution in [0, 0.1) is 0 Å². The molecule has 3 aromatic rings. The second-order valence-electron chi connectivity index (χ2n) is 6.71. The van der Waals surface area contributed by atoms with Gasteiger partial charge in [-0.15, -0.1) is 16.8 Å². The number of ether oxygens (including phenoxy) is 1. The van der Waals surface area contributed by atoms with Crippen LogP contribution < -0.4 is 15.0 Å². The molecule has 0 spiro atoms. The minimum Gasteiger partial charge on any atom is -0.497 e. The number of hydrogen-bond donors (Lipinski definition) is 1. The Morgan fingerprint density at radius 3 is 2.47 bits per heavy atom. The maximum Gasteiger partial charge on any atom is 0.234 e. The lowest BCUT2D eigenvalue weighted by atomic mass is 10.2. The van der Waals surface area contributed by atoms with Gasteiger partial charge in [-0.25, -0.2) is 0 Å². The van der Waals surface area contributed by atoms with Gasteiger partial charge in [-0.1, -0.05) is 17.8 Å². The number of hydrogen-bond acceptors (Lipinski definition) is 6. The molecule has 0 bridgehead atoms. The quantitative estimate of drug-likeness (QED) is 0.415. The van der Waals surface area contributed by atoms with Crippen molar-refractivity contribution in [1.29, 1.82) is 0 Å². The fraction of sp³-hybridized carbons (Fsp3) is 0.227. The van der Waals surface area contributed by atoms with Crippen LogP contribution in [0.15, 0.2) is 66.3 Å². The summed E-state index contributed by atoms with van der Waals surface area (Å²) in [7, 11) is 5.61. The predicted molar refractivity (Wildman–Crippen MR) is 122 cm³/mol. The van der Waals surface area contributed by atoms with E-state index in [2.05, 4.69) is 22.1 Å². The number of nitrogens with zero attached hydrogens (tertiary/aromatic N) is 4. The van der Waals surface area contributed by atoms with Crippen LogP contribution in [0.2, 0.25) is 0 Å².